The zero-order valence-corrected chi connectivity index (χ0v) is 16.5. The molecule has 2 fully saturated rings. The molecular weight excluding hydrogens is 384 g/mol. The lowest BCUT2D eigenvalue weighted by molar-refractivity contribution is -0.136. The number of imide groups is 1. The van der Waals surface area contributed by atoms with E-state index in [-0.39, 0.29) is 24.1 Å². The van der Waals surface area contributed by atoms with Gasteiger partial charge in [-0.25, -0.2) is 0 Å². The van der Waals surface area contributed by atoms with Crippen LogP contribution in [-0.2, 0) is 22.7 Å². The van der Waals surface area contributed by atoms with Gasteiger partial charge in [-0.3, -0.25) is 24.8 Å². The number of benzene rings is 1. The predicted molar refractivity (Wildman–Crippen MR) is 109 cm³/mol. The highest BCUT2D eigenvalue weighted by Gasteiger charge is 2.39. The molecule has 1 aromatic heterocycles. The van der Waals surface area contributed by atoms with Gasteiger partial charge < -0.3 is 15.5 Å². The molecule has 3 amide bonds. The number of amides is 3. The summed E-state index contributed by atoms with van der Waals surface area (Å²) < 4.78 is 0. The van der Waals surface area contributed by atoms with E-state index >= 15 is 0 Å². The van der Waals surface area contributed by atoms with Crippen LogP contribution in [0.4, 0.5) is 5.69 Å². The number of rotatable bonds is 5. The summed E-state index contributed by atoms with van der Waals surface area (Å²) in [5.74, 6) is -0.384. The van der Waals surface area contributed by atoms with E-state index in [1.165, 1.54) is 0 Å². The Morgan fingerprint density at radius 3 is 2.90 bits per heavy atom. The molecule has 0 spiro atoms. The number of H-pyrrole nitrogens is 1. The van der Waals surface area contributed by atoms with Gasteiger partial charge in [0.25, 0.3) is 5.91 Å². The fraction of sp³-hybridized carbons (Fsp3) is 0.429. The second kappa shape index (κ2) is 7.56. The number of piperidine rings is 1. The van der Waals surface area contributed by atoms with Crippen molar-refractivity contribution in [3.63, 3.8) is 0 Å². The first-order valence-electron chi connectivity index (χ1n) is 10.3. The summed E-state index contributed by atoms with van der Waals surface area (Å²) in [4.78, 5) is 38.1. The Bertz CT molecular complexity index is 1010. The van der Waals surface area contributed by atoms with Gasteiger partial charge in [0.15, 0.2) is 0 Å². The molecule has 2 aromatic rings. The highest BCUT2D eigenvalue weighted by atomic mass is 16.2. The molecule has 9 nitrogen and oxygen atoms in total. The van der Waals surface area contributed by atoms with Gasteiger partial charge in [0, 0.05) is 37.5 Å². The summed E-state index contributed by atoms with van der Waals surface area (Å²) in [6.45, 7) is 2.93. The smallest absolute Gasteiger partial charge is 0.255 e. The number of hydrogen-bond donors (Lipinski definition) is 4. The molecule has 156 valence electrons. The molecule has 4 N–H and O–H groups in total. The van der Waals surface area contributed by atoms with Gasteiger partial charge in [-0.05, 0) is 36.6 Å². The normalized spacial score (nSPS) is 23.6. The molecule has 0 bridgehead atoms. The molecule has 0 radical (unpaired) electrons. The zero-order valence-electron chi connectivity index (χ0n) is 16.5. The molecule has 30 heavy (non-hydrogen) atoms. The number of fused-ring (bicyclic) bond motifs is 1. The van der Waals surface area contributed by atoms with Gasteiger partial charge in [0.05, 0.1) is 17.6 Å². The number of carbonyl (C=O) groups is 3. The van der Waals surface area contributed by atoms with Crippen LogP contribution in [0, 0.1) is 0 Å². The second-order valence-corrected chi connectivity index (χ2v) is 8.13. The maximum atomic E-state index is 13.0. The molecule has 2 atom stereocenters. The van der Waals surface area contributed by atoms with Crippen LogP contribution in [-0.4, -0.2) is 52.0 Å². The molecule has 0 saturated carbocycles. The Morgan fingerprint density at radius 1 is 1.20 bits per heavy atom. The average Bonchev–Trinajstić information content (AvgIpc) is 3.47. The minimum atomic E-state index is -0.585. The Hall–Kier alpha value is -3.20. The van der Waals surface area contributed by atoms with Gasteiger partial charge in [0.1, 0.15) is 6.04 Å². The number of hydrogen-bond acceptors (Lipinski definition) is 6. The van der Waals surface area contributed by atoms with Crippen molar-refractivity contribution in [2.45, 2.75) is 44.3 Å². The van der Waals surface area contributed by atoms with E-state index < -0.39 is 6.04 Å². The van der Waals surface area contributed by atoms with Crippen molar-refractivity contribution in [2.75, 3.05) is 18.4 Å². The van der Waals surface area contributed by atoms with Crippen molar-refractivity contribution in [3.8, 4) is 0 Å². The standard InChI is InChI=1S/C21H24N6O3/c28-18-4-3-17(20(29)25-18)27-11-14-2-1-12(7-15(14)21(27)30)8-23-16-10-24-26-19(16)13-5-6-22-9-13/h1-2,7,10,13,17,22-23H,3-6,8-9,11H2,(H,24,26)(H,25,28,29). The van der Waals surface area contributed by atoms with Crippen molar-refractivity contribution >= 4 is 23.4 Å². The molecule has 4 heterocycles. The number of anilines is 1. The molecule has 1 aromatic carbocycles. The second-order valence-electron chi connectivity index (χ2n) is 8.13. The van der Waals surface area contributed by atoms with Crippen LogP contribution < -0.4 is 16.0 Å². The Balaban J connectivity index is 1.28. The van der Waals surface area contributed by atoms with Gasteiger partial charge in [-0.2, -0.15) is 5.10 Å². The van der Waals surface area contributed by atoms with E-state index in [9.17, 15) is 14.4 Å². The van der Waals surface area contributed by atoms with Crippen LogP contribution in [0.15, 0.2) is 24.4 Å². The third-order valence-corrected chi connectivity index (χ3v) is 6.21. The highest BCUT2D eigenvalue weighted by Crippen LogP contribution is 2.30. The van der Waals surface area contributed by atoms with Crippen molar-refractivity contribution in [3.05, 3.63) is 46.8 Å². The Kier molecular flexibility index (Phi) is 4.74. The van der Waals surface area contributed by atoms with Crippen molar-refractivity contribution in [2.24, 2.45) is 0 Å². The number of aromatic amines is 1. The highest BCUT2D eigenvalue weighted by molar-refractivity contribution is 6.05. The van der Waals surface area contributed by atoms with Gasteiger partial charge >= 0.3 is 0 Å². The predicted octanol–water partition coefficient (Wildman–Crippen LogP) is 0.860. The fourth-order valence-electron chi connectivity index (χ4n) is 4.56. The molecular formula is C21H24N6O3. The summed E-state index contributed by atoms with van der Waals surface area (Å²) in [5.41, 5.74) is 4.63. The topological polar surface area (TPSA) is 119 Å². The van der Waals surface area contributed by atoms with Crippen molar-refractivity contribution < 1.29 is 14.4 Å². The quantitative estimate of drug-likeness (QED) is 0.545. The third-order valence-electron chi connectivity index (χ3n) is 6.21. The van der Waals surface area contributed by atoms with Crippen molar-refractivity contribution in [1.82, 2.24) is 25.7 Å². The SMILES string of the molecule is O=C1CCC(N2Cc3ccc(CNc4cn[nH]c4C4CCNC4)cc3C2=O)C(=O)N1. The van der Waals surface area contributed by atoms with E-state index in [2.05, 4.69) is 26.1 Å². The minimum Gasteiger partial charge on any atom is -0.378 e. The van der Waals surface area contributed by atoms with E-state index in [0.29, 0.717) is 31.0 Å². The molecule has 2 unspecified atom stereocenters. The van der Waals surface area contributed by atoms with Gasteiger partial charge in [-0.15, -0.1) is 0 Å². The fourth-order valence-corrected chi connectivity index (χ4v) is 4.56. The molecule has 3 aliphatic heterocycles. The number of nitrogens with one attached hydrogen (secondary N) is 4. The summed E-state index contributed by atoms with van der Waals surface area (Å²) in [6.07, 6.45) is 3.52. The summed E-state index contributed by atoms with van der Waals surface area (Å²) in [7, 11) is 0. The minimum absolute atomic E-state index is 0.151. The lowest BCUT2D eigenvalue weighted by atomic mass is 10.0. The zero-order chi connectivity index (χ0) is 20.7. The number of aromatic nitrogens is 2. The molecule has 3 aliphatic rings. The van der Waals surface area contributed by atoms with Gasteiger partial charge in [-0.1, -0.05) is 12.1 Å². The van der Waals surface area contributed by atoms with Crippen LogP contribution in [0.2, 0.25) is 0 Å². The lowest BCUT2D eigenvalue weighted by Crippen LogP contribution is -2.52. The van der Waals surface area contributed by atoms with Crippen molar-refractivity contribution in [1.29, 1.82) is 0 Å². The Morgan fingerprint density at radius 2 is 2.10 bits per heavy atom. The Labute approximate surface area is 173 Å². The first kappa shape index (κ1) is 18.8. The lowest BCUT2D eigenvalue weighted by Gasteiger charge is -2.29. The van der Waals surface area contributed by atoms with Crippen LogP contribution in [0.5, 0.6) is 0 Å². The largest absolute Gasteiger partial charge is 0.378 e. The summed E-state index contributed by atoms with van der Waals surface area (Å²) in [5, 5.41) is 16.4. The summed E-state index contributed by atoms with van der Waals surface area (Å²) in [6, 6.07) is 5.27. The van der Waals surface area contributed by atoms with Crippen LogP contribution in [0.1, 0.15) is 52.4 Å². The van der Waals surface area contributed by atoms with Crippen LogP contribution in [0.3, 0.4) is 0 Å². The van der Waals surface area contributed by atoms with E-state index in [1.54, 1.807) is 11.1 Å². The monoisotopic (exact) mass is 408 g/mol. The molecule has 2 saturated heterocycles. The van der Waals surface area contributed by atoms with E-state index in [0.717, 1.165) is 42.0 Å². The maximum Gasteiger partial charge on any atom is 0.255 e. The summed E-state index contributed by atoms with van der Waals surface area (Å²) >= 11 is 0. The van der Waals surface area contributed by atoms with Crippen LogP contribution >= 0.6 is 0 Å². The molecule has 0 aliphatic carbocycles. The molecule has 5 rings (SSSR count). The first-order chi connectivity index (χ1) is 14.6. The van der Waals surface area contributed by atoms with E-state index in [4.69, 9.17) is 0 Å². The average molecular weight is 408 g/mol. The van der Waals surface area contributed by atoms with Gasteiger partial charge in [0.2, 0.25) is 11.8 Å². The number of carbonyl (C=O) groups excluding carboxylic acids is 3. The first-order valence-corrected chi connectivity index (χ1v) is 10.3. The van der Waals surface area contributed by atoms with E-state index in [1.807, 2.05) is 18.2 Å². The number of nitrogens with zero attached hydrogens (tertiary/aromatic N) is 2. The van der Waals surface area contributed by atoms with Crippen LogP contribution in [0.25, 0.3) is 0 Å². The third kappa shape index (κ3) is 3.35. The maximum absolute atomic E-state index is 13.0. The molecule has 9 heteroatoms.